The van der Waals surface area contributed by atoms with E-state index in [0.29, 0.717) is 36.4 Å². The summed E-state index contributed by atoms with van der Waals surface area (Å²) < 4.78 is 38.6. The van der Waals surface area contributed by atoms with Crippen LogP contribution in [-0.4, -0.2) is 24.4 Å². The van der Waals surface area contributed by atoms with Crippen LogP contribution < -0.4 is 10.6 Å². The lowest BCUT2D eigenvalue weighted by Crippen LogP contribution is -2.36. The maximum atomic E-state index is 12.9. The van der Waals surface area contributed by atoms with E-state index in [0.717, 1.165) is 28.9 Å². The third kappa shape index (κ3) is 4.21. The highest BCUT2D eigenvalue weighted by molar-refractivity contribution is 5.95. The molecule has 2 N–H and O–H groups in total. The second kappa shape index (κ2) is 7.98. The van der Waals surface area contributed by atoms with E-state index in [1.807, 2.05) is 30.1 Å². The van der Waals surface area contributed by atoms with E-state index in [1.165, 1.54) is 12.1 Å². The summed E-state index contributed by atoms with van der Waals surface area (Å²) in [6.07, 6.45) is -3.70. The van der Waals surface area contributed by atoms with Gasteiger partial charge in [0.1, 0.15) is 0 Å². The van der Waals surface area contributed by atoms with Gasteiger partial charge in [-0.2, -0.15) is 13.2 Å². The summed E-state index contributed by atoms with van der Waals surface area (Å²) in [4.78, 5) is 16.6. The van der Waals surface area contributed by atoms with Crippen LogP contribution in [-0.2, 0) is 19.1 Å². The van der Waals surface area contributed by atoms with Crippen molar-refractivity contribution in [1.29, 1.82) is 0 Å². The Morgan fingerprint density at radius 2 is 1.74 bits per heavy atom. The standard InChI is InChI=1S/C24H22F3N3O/c1-29(20-10-8-18(9-11-20)24(25,26)27)22-7-3-5-17-15-30(13-12-21(17)22)23(31)16-4-2-6-19(28)14-16/h2-11,14H,12-13,15,28H2,1H3. The smallest absolute Gasteiger partial charge is 0.399 e. The molecule has 0 radical (unpaired) electrons. The minimum absolute atomic E-state index is 0.0700. The highest BCUT2D eigenvalue weighted by atomic mass is 19.4. The molecule has 0 atom stereocenters. The van der Waals surface area contributed by atoms with Gasteiger partial charge in [-0.15, -0.1) is 0 Å². The molecule has 3 aromatic carbocycles. The van der Waals surface area contributed by atoms with Crippen molar-refractivity contribution in [2.24, 2.45) is 0 Å². The zero-order valence-corrected chi connectivity index (χ0v) is 17.0. The molecule has 31 heavy (non-hydrogen) atoms. The van der Waals surface area contributed by atoms with Crippen molar-refractivity contribution in [3.8, 4) is 0 Å². The van der Waals surface area contributed by atoms with Gasteiger partial charge < -0.3 is 15.5 Å². The van der Waals surface area contributed by atoms with Crippen LogP contribution in [0.3, 0.4) is 0 Å². The molecule has 1 amide bonds. The Hall–Kier alpha value is -3.48. The average molecular weight is 425 g/mol. The molecule has 0 saturated heterocycles. The molecule has 0 aromatic heterocycles. The van der Waals surface area contributed by atoms with Crippen LogP contribution in [0, 0.1) is 0 Å². The molecule has 1 heterocycles. The molecule has 7 heteroatoms. The summed E-state index contributed by atoms with van der Waals surface area (Å²) in [7, 11) is 1.84. The molecule has 160 valence electrons. The lowest BCUT2D eigenvalue weighted by Gasteiger charge is -2.32. The van der Waals surface area contributed by atoms with Crippen molar-refractivity contribution in [3.05, 3.63) is 89.0 Å². The highest BCUT2D eigenvalue weighted by Crippen LogP contribution is 2.35. The normalized spacial score (nSPS) is 13.6. The molecule has 1 aliphatic rings. The number of amides is 1. The second-order valence-electron chi connectivity index (χ2n) is 7.62. The predicted octanol–water partition coefficient (Wildman–Crippen LogP) is 5.25. The predicted molar refractivity (Wildman–Crippen MR) is 115 cm³/mol. The molecule has 0 bridgehead atoms. The van der Waals surface area contributed by atoms with Crippen molar-refractivity contribution in [2.75, 3.05) is 24.2 Å². The number of halogens is 3. The van der Waals surface area contributed by atoms with Gasteiger partial charge in [-0.1, -0.05) is 18.2 Å². The molecule has 0 saturated carbocycles. The number of hydrogen-bond donors (Lipinski definition) is 1. The SMILES string of the molecule is CN(c1ccc(C(F)(F)F)cc1)c1cccc2c1CCN(C(=O)c1cccc(N)c1)C2. The minimum Gasteiger partial charge on any atom is -0.399 e. The number of fused-ring (bicyclic) bond motifs is 1. The van der Waals surface area contributed by atoms with Gasteiger partial charge in [0, 0.05) is 42.8 Å². The monoisotopic (exact) mass is 425 g/mol. The summed E-state index contributed by atoms with van der Waals surface area (Å²) in [6, 6.07) is 17.9. The van der Waals surface area contributed by atoms with Crippen LogP contribution in [0.2, 0.25) is 0 Å². The Balaban J connectivity index is 1.57. The Morgan fingerprint density at radius 1 is 1.03 bits per heavy atom. The number of carbonyl (C=O) groups excluding carboxylic acids is 1. The zero-order chi connectivity index (χ0) is 22.2. The number of hydrogen-bond acceptors (Lipinski definition) is 3. The molecule has 1 aliphatic heterocycles. The number of nitrogens with zero attached hydrogens (tertiary/aromatic N) is 2. The average Bonchev–Trinajstić information content (AvgIpc) is 2.77. The minimum atomic E-state index is -4.36. The van der Waals surface area contributed by atoms with Gasteiger partial charge in [0.05, 0.1) is 5.56 Å². The second-order valence-corrected chi connectivity index (χ2v) is 7.62. The Labute approximate surface area is 178 Å². The van der Waals surface area contributed by atoms with Gasteiger partial charge in [-0.25, -0.2) is 0 Å². The first-order chi connectivity index (χ1) is 14.7. The van der Waals surface area contributed by atoms with E-state index >= 15 is 0 Å². The molecule has 0 unspecified atom stereocenters. The van der Waals surface area contributed by atoms with Gasteiger partial charge in [-0.3, -0.25) is 4.79 Å². The van der Waals surface area contributed by atoms with Crippen LogP contribution in [0.5, 0.6) is 0 Å². The molecule has 4 nitrogen and oxygen atoms in total. The molecular weight excluding hydrogens is 403 g/mol. The maximum Gasteiger partial charge on any atom is 0.416 e. The fourth-order valence-electron chi connectivity index (χ4n) is 3.94. The Kier molecular flexibility index (Phi) is 5.35. The summed E-state index contributed by atoms with van der Waals surface area (Å²) in [6.45, 7) is 1.02. The van der Waals surface area contributed by atoms with Crippen LogP contribution in [0.1, 0.15) is 27.0 Å². The third-order valence-electron chi connectivity index (χ3n) is 5.61. The molecule has 0 fully saturated rings. The van der Waals surface area contributed by atoms with Crippen LogP contribution in [0.15, 0.2) is 66.7 Å². The molecule has 0 spiro atoms. The first-order valence-corrected chi connectivity index (χ1v) is 9.90. The Bertz CT molecular complexity index is 1110. The lowest BCUT2D eigenvalue weighted by molar-refractivity contribution is -0.137. The zero-order valence-electron chi connectivity index (χ0n) is 17.0. The summed E-state index contributed by atoms with van der Waals surface area (Å²) in [5.41, 5.74) is 9.95. The van der Waals surface area contributed by atoms with Gasteiger partial charge in [0.2, 0.25) is 0 Å². The third-order valence-corrected chi connectivity index (χ3v) is 5.61. The quantitative estimate of drug-likeness (QED) is 0.583. The largest absolute Gasteiger partial charge is 0.416 e. The fourth-order valence-corrected chi connectivity index (χ4v) is 3.94. The number of alkyl halides is 3. The van der Waals surface area contributed by atoms with E-state index in [1.54, 1.807) is 29.2 Å². The number of nitrogens with two attached hydrogens (primary N) is 1. The maximum absolute atomic E-state index is 12.9. The Morgan fingerprint density at radius 3 is 2.42 bits per heavy atom. The topological polar surface area (TPSA) is 49.6 Å². The summed E-state index contributed by atoms with van der Waals surface area (Å²) in [5, 5.41) is 0. The van der Waals surface area contributed by atoms with E-state index < -0.39 is 11.7 Å². The van der Waals surface area contributed by atoms with E-state index in [-0.39, 0.29) is 5.91 Å². The number of nitrogen functional groups attached to an aromatic ring is 1. The van der Waals surface area contributed by atoms with E-state index in [4.69, 9.17) is 5.73 Å². The van der Waals surface area contributed by atoms with Crippen LogP contribution in [0.4, 0.5) is 30.2 Å². The van der Waals surface area contributed by atoms with Gasteiger partial charge in [0.15, 0.2) is 0 Å². The molecule has 0 aliphatic carbocycles. The number of rotatable bonds is 3. The van der Waals surface area contributed by atoms with Gasteiger partial charge in [0.25, 0.3) is 5.91 Å². The molecular formula is C24H22F3N3O. The lowest BCUT2D eigenvalue weighted by atomic mass is 9.96. The van der Waals surface area contributed by atoms with Gasteiger partial charge >= 0.3 is 6.18 Å². The van der Waals surface area contributed by atoms with Crippen molar-refractivity contribution < 1.29 is 18.0 Å². The van der Waals surface area contributed by atoms with Crippen molar-refractivity contribution in [2.45, 2.75) is 19.1 Å². The number of anilines is 3. The van der Waals surface area contributed by atoms with Crippen molar-refractivity contribution >= 4 is 23.0 Å². The van der Waals surface area contributed by atoms with Crippen LogP contribution in [0.25, 0.3) is 0 Å². The first kappa shape index (κ1) is 20.8. The van der Waals surface area contributed by atoms with Crippen molar-refractivity contribution in [3.63, 3.8) is 0 Å². The number of benzene rings is 3. The molecule has 3 aromatic rings. The summed E-state index contributed by atoms with van der Waals surface area (Å²) in [5.74, 6) is -0.0700. The molecule has 4 rings (SSSR count). The van der Waals surface area contributed by atoms with E-state index in [2.05, 4.69) is 0 Å². The van der Waals surface area contributed by atoms with E-state index in [9.17, 15) is 18.0 Å². The summed E-state index contributed by atoms with van der Waals surface area (Å²) >= 11 is 0. The van der Waals surface area contributed by atoms with Crippen molar-refractivity contribution in [1.82, 2.24) is 4.90 Å². The first-order valence-electron chi connectivity index (χ1n) is 9.90. The fraction of sp³-hybridized carbons (Fsp3) is 0.208. The number of carbonyl (C=O) groups is 1. The van der Waals surface area contributed by atoms with Gasteiger partial charge in [-0.05, 0) is 66.1 Å². The highest BCUT2D eigenvalue weighted by Gasteiger charge is 2.30. The van der Waals surface area contributed by atoms with Crippen LogP contribution >= 0.6 is 0 Å².